The van der Waals surface area contributed by atoms with Crippen LogP contribution < -0.4 is 0 Å². The summed E-state index contributed by atoms with van der Waals surface area (Å²) >= 11 is 0. The minimum atomic E-state index is 0.545. The summed E-state index contributed by atoms with van der Waals surface area (Å²) in [5, 5.41) is 0. The lowest BCUT2D eigenvalue weighted by Gasteiger charge is -2.18. The molecule has 0 radical (unpaired) electrons. The van der Waals surface area contributed by atoms with Crippen LogP contribution in [-0.2, 0) is 4.74 Å². The molecule has 0 bridgehead atoms. The standard InChI is InChI=1S/C9H17NO/c1-8-3-5-9(6-4-8)10-7-11-2/h8H,3-7H2,1-2H3. The van der Waals surface area contributed by atoms with Crippen LogP contribution >= 0.6 is 0 Å². The second kappa shape index (κ2) is 4.50. The van der Waals surface area contributed by atoms with E-state index in [1.807, 2.05) is 0 Å². The maximum Gasteiger partial charge on any atom is 0.136 e. The molecule has 0 heterocycles. The Morgan fingerprint density at radius 1 is 1.45 bits per heavy atom. The number of methoxy groups -OCH3 is 1. The van der Waals surface area contributed by atoms with Gasteiger partial charge in [0.25, 0.3) is 0 Å². The Kier molecular flexibility index (Phi) is 3.57. The first kappa shape index (κ1) is 8.72. The number of aliphatic imine (C=N–C) groups is 1. The maximum absolute atomic E-state index is 4.88. The van der Waals surface area contributed by atoms with Crippen molar-refractivity contribution in [3.8, 4) is 0 Å². The SMILES string of the molecule is COCN=C1CCC(C)CC1. The van der Waals surface area contributed by atoms with Crippen molar-refractivity contribution in [1.82, 2.24) is 0 Å². The van der Waals surface area contributed by atoms with Gasteiger partial charge in [0.05, 0.1) is 0 Å². The van der Waals surface area contributed by atoms with Gasteiger partial charge in [-0.1, -0.05) is 6.92 Å². The summed E-state index contributed by atoms with van der Waals surface area (Å²) < 4.78 is 4.88. The van der Waals surface area contributed by atoms with Crippen LogP contribution in [0.15, 0.2) is 4.99 Å². The zero-order chi connectivity index (χ0) is 8.10. The second-order valence-electron chi connectivity index (χ2n) is 3.32. The monoisotopic (exact) mass is 155 g/mol. The predicted octanol–water partition coefficient (Wildman–Crippen LogP) is 2.24. The van der Waals surface area contributed by atoms with Gasteiger partial charge in [0.2, 0.25) is 0 Å². The Hall–Kier alpha value is -0.370. The van der Waals surface area contributed by atoms with Gasteiger partial charge in [-0.15, -0.1) is 0 Å². The lowest BCUT2D eigenvalue weighted by Crippen LogP contribution is -2.12. The first-order valence-electron chi connectivity index (χ1n) is 4.34. The Morgan fingerprint density at radius 3 is 2.64 bits per heavy atom. The lowest BCUT2D eigenvalue weighted by molar-refractivity contribution is 0.208. The van der Waals surface area contributed by atoms with Crippen LogP contribution in [0, 0.1) is 5.92 Å². The molecular weight excluding hydrogens is 138 g/mol. The summed E-state index contributed by atoms with van der Waals surface area (Å²) in [4.78, 5) is 4.33. The molecule has 1 fully saturated rings. The van der Waals surface area contributed by atoms with E-state index in [9.17, 15) is 0 Å². The van der Waals surface area contributed by atoms with E-state index in [0.29, 0.717) is 6.73 Å². The molecule has 11 heavy (non-hydrogen) atoms. The third kappa shape index (κ3) is 3.02. The van der Waals surface area contributed by atoms with E-state index >= 15 is 0 Å². The summed E-state index contributed by atoms with van der Waals surface area (Å²) in [6.45, 7) is 2.86. The van der Waals surface area contributed by atoms with Crippen LogP contribution in [0.5, 0.6) is 0 Å². The molecule has 0 amide bonds. The summed E-state index contributed by atoms with van der Waals surface area (Å²) in [5.74, 6) is 0.900. The van der Waals surface area contributed by atoms with Gasteiger partial charge in [0, 0.05) is 12.8 Å². The first-order valence-corrected chi connectivity index (χ1v) is 4.34. The van der Waals surface area contributed by atoms with Crippen molar-refractivity contribution in [2.45, 2.75) is 32.6 Å². The number of ether oxygens (including phenoxy) is 1. The molecule has 2 heteroatoms. The van der Waals surface area contributed by atoms with Crippen LogP contribution in [0.2, 0.25) is 0 Å². The second-order valence-corrected chi connectivity index (χ2v) is 3.32. The summed E-state index contributed by atoms with van der Waals surface area (Å²) in [6, 6.07) is 0. The van der Waals surface area contributed by atoms with Gasteiger partial charge >= 0.3 is 0 Å². The molecule has 0 aliphatic heterocycles. The van der Waals surface area contributed by atoms with Crippen molar-refractivity contribution in [3.63, 3.8) is 0 Å². The molecule has 2 nitrogen and oxygen atoms in total. The third-order valence-electron chi connectivity index (χ3n) is 2.27. The maximum atomic E-state index is 4.88. The Morgan fingerprint density at radius 2 is 2.09 bits per heavy atom. The van der Waals surface area contributed by atoms with Gasteiger partial charge in [-0.05, 0) is 31.6 Å². The van der Waals surface area contributed by atoms with Gasteiger partial charge in [0.1, 0.15) is 6.73 Å². The van der Waals surface area contributed by atoms with E-state index < -0.39 is 0 Å². The van der Waals surface area contributed by atoms with Gasteiger partial charge in [0.15, 0.2) is 0 Å². The van der Waals surface area contributed by atoms with Crippen molar-refractivity contribution in [2.75, 3.05) is 13.8 Å². The fourth-order valence-electron chi connectivity index (χ4n) is 1.41. The quantitative estimate of drug-likeness (QED) is 0.599. The molecule has 0 spiro atoms. The Labute approximate surface area is 68.7 Å². The highest BCUT2D eigenvalue weighted by molar-refractivity contribution is 5.85. The number of hydrogen-bond donors (Lipinski definition) is 0. The highest BCUT2D eigenvalue weighted by Gasteiger charge is 2.12. The zero-order valence-electron chi connectivity index (χ0n) is 7.47. The Balaban J connectivity index is 2.26. The van der Waals surface area contributed by atoms with Crippen molar-refractivity contribution in [2.24, 2.45) is 10.9 Å². The Bertz CT molecular complexity index is 132. The van der Waals surface area contributed by atoms with E-state index in [-0.39, 0.29) is 0 Å². The van der Waals surface area contributed by atoms with Crippen molar-refractivity contribution in [1.29, 1.82) is 0 Å². The van der Waals surface area contributed by atoms with Gasteiger partial charge in [-0.2, -0.15) is 0 Å². The highest BCUT2D eigenvalue weighted by atomic mass is 16.5. The van der Waals surface area contributed by atoms with Crippen LogP contribution in [0.4, 0.5) is 0 Å². The normalized spacial score (nSPS) is 25.3. The summed E-state index contributed by atoms with van der Waals surface area (Å²) in [6.07, 6.45) is 4.99. The minimum Gasteiger partial charge on any atom is -0.363 e. The fourth-order valence-corrected chi connectivity index (χ4v) is 1.41. The molecule has 1 aliphatic rings. The molecular formula is C9H17NO. The highest BCUT2D eigenvalue weighted by Crippen LogP contribution is 2.21. The molecule has 0 aromatic heterocycles. The molecule has 1 rings (SSSR count). The van der Waals surface area contributed by atoms with Gasteiger partial charge in [-0.25, -0.2) is 0 Å². The van der Waals surface area contributed by atoms with Crippen molar-refractivity contribution < 1.29 is 4.74 Å². The molecule has 1 aliphatic carbocycles. The lowest BCUT2D eigenvalue weighted by atomic mass is 9.89. The molecule has 0 aromatic carbocycles. The van der Waals surface area contributed by atoms with Crippen LogP contribution in [0.1, 0.15) is 32.6 Å². The predicted molar refractivity (Wildman–Crippen MR) is 46.9 cm³/mol. The van der Waals surface area contributed by atoms with E-state index in [1.165, 1.54) is 31.4 Å². The summed E-state index contributed by atoms with van der Waals surface area (Å²) in [7, 11) is 1.69. The van der Waals surface area contributed by atoms with Crippen LogP contribution in [-0.4, -0.2) is 19.6 Å². The zero-order valence-corrected chi connectivity index (χ0v) is 7.47. The number of hydrogen-bond acceptors (Lipinski definition) is 2. The molecule has 1 saturated carbocycles. The topological polar surface area (TPSA) is 21.6 Å². The van der Waals surface area contributed by atoms with E-state index in [2.05, 4.69) is 11.9 Å². The first-order chi connectivity index (χ1) is 5.33. The average Bonchev–Trinajstić information content (AvgIpc) is 2.04. The van der Waals surface area contributed by atoms with Crippen molar-refractivity contribution >= 4 is 5.71 Å². The average molecular weight is 155 g/mol. The summed E-state index contributed by atoms with van der Waals surface area (Å²) in [5.41, 5.74) is 1.35. The van der Waals surface area contributed by atoms with E-state index in [4.69, 9.17) is 4.74 Å². The molecule has 0 saturated heterocycles. The number of rotatable bonds is 2. The van der Waals surface area contributed by atoms with E-state index in [1.54, 1.807) is 7.11 Å². The largest absolute Gasteiger partial charge is 0.363 e. The minimum absolute atomic E-state index is 0.545. The number of nitrogens with zero attached hydrogens (tertiary/aromatic N) is 1. The molecule has 0 atom stereocenters. The smallest absolute Gasteiger partial charge is 0.136 e. The molecule has 0 unspecified atom stereocenters. The van der Waals surface area contributed by atoms with E-state index in [0.717, 1.165) is 5.92 Å². The van der Waals surface area contributed by atoms with Gasteiger partial charge < -0.3 is 4.74 Å². The van der Waals surface area contributed by atoms with Crippen molar-refractivity contribution in [3.05, 3.63) is 0 Å². The van der Waals surface area contributed by atoms with Gasteiger partial charge in [-0.3, -0.25) is 4.99 Å². The molecule has 64 valence electrons. The fraction of sp³-hybridized carbons (Fsp3) is 0.889. The molecule has 0 N–H and O–H groups in total. The van der Waals surface area contributed by atoms with Crippen LogP contribution in [0.3, 0.4) is 0 Å². The third-order valence-corrected chi connectivity index (χ3v) is 2.27. The van der Waals surface area contributed by atoms with Crippen LogP contribution in [0.25, 0.3) is 0 Å². The molecule has 0 aromatic rings.